The summed E-state index contributed by atoms with van der Waals surface area (Å²) >= 11 is 0. The van der Waals surface area contributed by atoms with Crippen molar-refractivity contribution in [2.75, 3.05) is 0 Å². The van der Waals surface area contributed by atoms with Gasteiger partial charge in [0.15, 0.2) is 0 Å². The van der Waals surface area contributed by atoms with Crippen LogP contribution in [0.1, 0.15) is 0 Å². The summed E-state index contributed by atoms with van der Waals surface area (Å²) in [4.78, 5) is 0. The van der Waals surface area contributed by atoms with Gasteiger partial charge in [0.1, 0.15) is 0 Å². The van der Waals surface area contributed by atoms with Crippen molar-refractivity contribution in [3.8, 4) is 33.6 Å². The first-order valence-electron chi connectivity index (χ1n) is 16.5. The summed E-state index contributed by atoms with van der Waals surface area (Å²) < 4.78 is 4.90. The molecule has 2 heterocycles. The van der Waals surface area contributed by atoms with Gasteiger partial charge in [-0.05, 0) is 70.8 Å². The zero-order chi connectivity index (χ0) is 31.6. The molecule has 2 heteroatoms. The Morgan fingerprint density at radius 1 is 0.229 bits per heavy atom. The lowest BCUT2D eigenvalue weighted by atomic mass is 10.0. The number of nitrogens with zero attached hydrogens (tertiary/aromatic N) is 2. The minimum Gasteiger partial charge on any atom is -0.309 e. The Balaban J connectivity index is 1.22. The smallest absolute Gasteiger partial charge is 0.0542 e. The molecule has 0 aliphatic heterocycles. The average Bonchev–Trinajstić information content (AvgIpc) is 3.67. The van der Waals surface area contributed by atoms with Crippen LogP contribution in [0, 0.1) is 0 Å². The van der Waals surface area contributed by atoms with E-state index in [0.717, 1.165) is 0 Å². The van der Waals surface area contributed by atoms with Gasteiger partial charge < -0.3 is 9.13 Å². The summed E-state index contributed by atoms with van der Waals surface area (Å²) in [5, 5.41) is 7.48. The SMILES string of the molecule is c1ccc(-c2ccc3c(c2)c2ccccc2n3-c2ccc(-n3c4ccccc4c4cc(-c5ccccc5)ccc43)c3ccccc23)cc1. The van der Waals surface area contributed by atoms with Crippen molar-refractivity contribution in [2.45, 2.75) is 0 Å². The number of aromatic nitrogens is 2. The molecule has 0 atom stereocenters. The van der Waals surface area contributed by atoms with Crippen LogP contribution in [0.15, 0.2) is 182 Å². The van der Waals surface area contributed by atoms with Crippen molar-refractivity contribution in [2.24, 2.45) is 0 Å². The Kier molecular flexibility index (Phi) is 5.91. The van der Waals surface area contributed by atoms with E-state index in [-0.39, 0.29) is 0 Å². The summed E-state index contributed by atoms with van der Waals surface area (Å²) in [5.74, 6) is 0. The number of hydrogen-bond donors (Lipinski definition) is 0. The van der Waals surface area contributed by atoms with Gasteiger partial charge in [-0.2, -0.15) is 0 Å². The molecule has 48 heavy (non-hydrogen) atoms. The third-order valence-electron chi connectivity index (χ3n) is 9.92. The molecule has 0 saturated carbocycles. The lowest BCUT2D eigenvalue weighted by molar-refractivity contribution is 1.17. The first kappa shape index (κ1) is 26.8. The Labute approximate surface area is 278 Å². The van der Waals surface area contributed by atoms with Gasteiger partial charge in [-0.15, -0.1) is 0 Å². The van der Waals surface area contributed by atoms with Crippen LogP contribution in [0.3, 0.4) is 0 Å². The third-order valence-corrected chi connectivity index (χ3v) is 9.92. The maximum absolute atomic E-state index is 2.45. The van der Waals surface area contributed by atoms with E-state index in [1.54, 1.807) is 0 Å². The van der Waals surface area contributed by atoms with Gasteiger partial charge in [0.2, 0.25) is 0 Å². The lowest BCUT2D eigenvalue weighted by Crippen LogP contribution is -2.00. The maximum atomic E-state index is 2.45. The van der Waals surface area contributed by atoms with E-state index in [2.05, 4.69) is 191 Å². The van der Waals surface area contributed by atoms with E-state index in [1.807, 2.05) is 0 Å². The minimum atomic E-state index is 1.18. The molecule has 0 N–H and O–H groups in total. The van der Waals surface area contributed by atoms with E-state index in [4.69, 9.17) is 0 Å². The van der Waals surface area contributed by atoms with E-state index >= 15 is 0 Å². The topological polar surface area (TPSA) is 9.86 Å². The first-order chi connectivity index (χ1) is 23.8. The van der Waals surface area contributed by atoms with E-state index < -0.39 is 0 Å². The Bertz CT molecular complexity index is 2620. The van der Waals surface area contributed by atoms with Gasteiger partial charge >= 0.3 is 0 Å². The molecule has 10 rings (SSSR count). The highest BCUT2D eigenvalue weighted by atomic mass is 15.0. The summed E-state index contributed by atoms with van der Waals surface area (Å²) in [6.07, 6.45) is 0. The van der Waals surface area contributed by atoms with Crippen molar-refractivity contribution in [1.29, 1.82) is 0 Å². The zero-order valence-electron chi connectivity index (χ0n) is 26.2. The fourth-order valence-corrected chi connectivity index (χ4v) is 7.74. The molecule has 2 aromatic heterocycles. The second kappa shape index (κ2) is 10.6. The van der Waals surface area contributed by atoms with Crippen LogP contribution in [0.4, 0.5) is 0 Å². The molecule has 2 nitrogen and oxygen atoms in total. The predicted molar refractivity (Wildman–Crippen MR) is 203 cm³/mol. The van der Waals surface area contributed by atoms with Gasteiger partial charge in [-0.25, -0.2) is 0 Å². The average molecular weight is 611 g/mol. The Morgan fingerprint density at radius 3 is 1.02 bits per heavy atom. The second-order valence-electron chi connectivity index (χ2n) is 12.6. The van der Waals surface area contributed by atoms with Crippen LogP contribution in [-0.2, 0) is 0 Å². The Morgan fingerprint density at radius 2 is 0.583 bits per heavy atom. The van der Waals surface area contributed by atoms with Gasteiger partial charge in [0.25, 0.3) is 0 Å². The molecule has 0 radical (unpaired) electrons. The molecule has 10 aromatic rings. The van der Waals surface area contributed by atoms with Gasteiger partial charge in [-0.3, -0.25) is 0 Å². The summed E-state index contributed by atoms with van der Waals surface area (Å²) in [7, 11) is 0. The van der Waals surface area contributed by atoms with Gasteiger partial charge in [0, 0.05) is 32.3 Å². The van der Waals surface area contributed by atoms with E-state index in [9.17, 15) is 0 Å². The number of rotatable bonds is 4. The van der Waals surface area contributed by atoms with Crippen LogP contribution in [0.25, 0.3) is 88.0 Å². The zero-order valence-corrected chi connectivity index (χ0v) is 26.2. The van der Waals surface area contributed by atoms with Crippen LogP contribution >= 0.6 is 0 Å². The van der Waals surface area contributed by atoms with Crippen LogP contribution in [-0.4, -0.2) is 9.13 Å². The summed E-state index contributed by atoms with van der Waals surface area (Å²) in [5.41, 5.74) is 12.1. The predicted octanol–water partition coefficient (Wildman–Crippen LogP) is 12.4. The van der Waals surface area contributed by atoms with Gasteiger partial charge in [-0.1, -0.05) is 133 Å². The number of hydrogen-bond acceptors (Lipinski definition) is 0. The molecule has 224 valence electrons. The van der Waals surface area contributed by atoms with Gasteiger partial charge in [0.05, 0.1) is 33.4 Å². The van der Waals surface area contributed by atoms with Crippen molar-refractivity contribution in [3.63, 3.8) is 0 Å². The molecule has 0 aliphatic rings. The molecule has 8 aromatic carbocycles. The molecule has 0 saturated heterocycles. The molecule has 0 fully saturated rings. The monoisotopic (exact) mass is 610 g/mol. The van der Waals surface area contributed by atoms with Crippen molar-refractivity contribution < 1.29 is 0 Å². The van der Waals surface area contributed by atoms with Crippen LogP contribution < -0.4 is 0 Å². The molecule has 0 amide bonds. The van der Waals surface area contributed by atoms with E-state index in [0.29, 0.717) is 0 Å². The minimum absolute atomic E-state index is 1.18. The third kappa shape index (κ3) is 4.00. The maximum Gasteiger partial charge on any atom is 0.0542 e. The largest absolute Gasteiger partial charge is 0.309 e. The van der Waals surface area contributed by atoms with Crippen LogP contribution in [0.5, 0.6) is 0 Å². The quantitative estimate of drug-likeness (QED) is 0.188. The standard InChI is InChI=1S/C46H30N2/c1-3-13-31(14-4-1)33-23-25-45-39(29-33)37-19-9-11-21-41(37)47(45)43-27-28-44(36-18-8-7-17-35(36)43)48-42-22-12-10-20-38(42)40-30-34(24-26-46(40)48)32-15-5-2-6-16-32/h1-30H. The lowest BCUT2D eigenvalue weighted by Gasteiger charge is -2.17. The second-order valence-corrected chi connectivity index (χ2v) is 12.6. The van der Waals surface area contributed by atoms with Crippen molar-refractivity contribution in [1.82, 2.24) is 9.13 Å². The highest BCUT2D eigenvalue weighted by Crippen LogP contribution is 2.40. The number of para-hydroxylation sites is 2. The number of benzene rings is 8. The summed E-state index contributed by atoms with van der Waals surface area (Å²) in [6.45, 7) is 0. The highest BCUT2D eigenvalue weighted by Gasteiger charge is 2.19. The fraction of sp³-hybridized carbons (Fsp3) is 0. The fourth-order valence-electron chi connectivity index (χ4n) is 7.74. The summed E-state index contributed by atoms with van der Waals surface area (Å²) in [6, 6.07) is 66.2. The molecular formula is C46H30N2. The van der Waals surface area contributed by atoms with Crippen LogP contribution in [0.2, 0.25) is 0 Å². The molecule has 0 bridgehead atoms. The molecule has 0 unspecified atom stereocenters. The highest BCUT2D eigenvalue weighted by molar-refractivity contribution is 6.14. The number of fused-ring (bicyclic) bond motifs is 7. The normalized spacial score (nSPS) is 11.8. The molecule has 0 spiro atoms. The van der Waals surface area contributed by atoms with Crippen molar-refractivity contribution in [3.05, 3.63) is 182 Å². The Hall–Kier alpha value is -6.38. The van der Waals surface area contributed by atoms with Crippen molar-refractivity contribution >= 4 is 54.4 Å². The first-order valence-corrected chi connectivity index (χ1v) is 16.5. The molecular weight excluding hydrogens is 581 g/mol. The molecule has 0 aliphatic carbocycles. The van der Waals surface area contributed by atoms with E-state index in [1.165, 1.54) is 88.0 Å².